The van der Waals surface area contributed by atoms with E-state index in [-0.39, 0.29) is 0 Å². The van der Waals surface area contributed by atoms with Gasteiger partial charge in [0.05, 0.1) is 0 Å². The molecule has 1 unspecified atom stereocenters. The second-order valence-corrected chi connectivity index (χ2v) is 2.27. The number of nitro groups is 1. The third-order valence-electron chi connectivity index (χ3n) is 1.48. The van der Waals surface area contributed by atoms with Crippen LogP contribution in [0.25, 0.3) is 0 Å². The van der Waals surface area contributed by atoms with E-state index >= 15 is 0 Å². The molecular formula is C9H7NO2. The highest BCUT2D eigenvalue weighted by Crippen LogP contribution is 2.13. The summed E-state index contributed by atoms with van der Waals surface area (Å²) in [5.74, 6) is 2.12. The van der Waals surface area contributed by atoms with Crippen molar-refractivity contribution in [1.82, 2.24) is 0 Å². The fourth-order valence-electron chi connectivity index (χ4n) is 0.914. The van der Waals surface area contributed by atoms with Crippen LogP contribution in [0.3, 0.4) is 0 Å². The molecule has 1 atom stereocenters. The maximum atomic E-state index is 10.4. The summed E-state index contributed by atoms with van der Waals surface area (Å²) in [6.07, 6.45) is 5.01. The number of rotatable bonds is 2. The Morgan fingerprint density at radius 3 is 2.42 bits per heavy atom. The standard InChI is InChI=1S/C9H7NO2/c1-2-9(10(11)12)8-6-4-3-5-7-8/h1,3-7,9H. The minimum absolute atomic E-state index is 0.477. The Morgan fingerprint density at radius 2 is 2.00 bits per heavy atom. The second kappa shape index (κ2) is 3.54. The molecule has 0 N–H and O–H groups in total. The Hall–Kier alpha value is -1.82. The van der Waals surface area contributed by atoms with Gasteiger partial charge in [-0.05, 0) is 5.92 Å². The molecule has 3 heteroatoms. The van der Waals surface area contributed by atoms with Crippen molar-refractivity contribution < 1.29 is 4.92 Å². The first-order valence-electron chi connectivity index (χ1n) is 3.40. The molecule has 0 radical (unpaired) electrons. The predicted octanol–water partition coefficient (Wildman–Crippen LogP) is 1.64. The molecule has 1 aromatic rings. The molecule has 12 heavy (non-hydrogen) atoms. The first-order valence-corrected chi connectivity index (χ1v) is 3.40. The van der Waals surface area contributed by atoms with E-state index in [1.54, 1.807) is 30.3 Å². The lowest BCUT2D eigenvalue weighted by molar-refractivity contribution is -0.512. The van der Waals surface area contributed by atoms with Gasteiger partial charge in [-0.1, -0.05) is 30.3 Å². The summed E-state index contributed by atoms with van der Waals surface area (Å²) in [7, 11) is 0. The zero-order valence-corrected chi connectivity index (χ0v) is 6.31. The molecule has 1 rings (SSSR count). The van der Waals surface area contributed by atoms with E-state index in [1.807, 2.05) is 0 Å². The molecule has 0 aromatic heterocycles. The Morgan fingerprint density at radius 1 is 1.42 bits per heavy atom. The van der Waals surface area contributed by atoms with Crippen LogP contribution in [0.1, 0.15) is 11.6 Å². The van der Waals surface area contributed by atoms with Crippen LogP contribution in [-0.2, 0) is 0 Å². The van der Waals surface area contributed by atoms with E-state index in [4.69, 9.17) is 6.42 Å². The number of nitrogens with zero attached hydrogens (tertiary/aromatic N) is 1. The van der Waals surface area contributed by atoms with E-state index in [1.165, 1.54) is 0 Å². The van der Waals surface area contributed by atoms with Crippen LogP contribution in [0.5, 0.6) is 0 Å². The van der Waals surface area contributed by atoms with Gasteiger partial charge in [-0.2, -0.15) is 0 Å². The van der Waals surface area contributed by atoms with Gasteiger partial charge in [0.25, 0.3) is 6.04 Å². The van der Waals surface area contributed by atoms with Crippen LogP contribution in [-0.4, -0.2) is 4.92 Å². The normalized spacial score (nSPS) is 11.6. The summed E-state index contributed by atoms with van der Waals surface area (Å²) in [5.41, 5.74) is 0.546. The quantitative estimate of drug-likeness (QED) is 0.376. The fourth-order valence-corrected chi connectivity index (χ4v) is 0.914. The monoisotopic (exact) mass is 161 g/mol. The lowest BCUT2D eigenvalue weighted by Gasteiger charge is -2.00. The largest absolute Gasteiger partial charge is 0.297 e. The lowest BCUT2D eigenvalue weighted by atomic mass is 10.1. The minimum atomic E-state index is -1.02. The van der Waals surface area contributed by atoms with Gasteiger partial charge in [0.1, 0.15) is 0 Å². The lowest BCUT2D eigenvalue weighted by Crippen LogP contribution is -2.07. The summed E-state index contributed by atoms with van der Waals surface area (Å²) in [6.45, 7) is 0. The number of hydrogen-bond acceptors (Lipinski definition) is 2. The summed E-state index contributed by atoms with van der Waals surface area (Å²) in [6, 6.07) is 7.51. The van der Waals surface area contributed by atoms with Gasteiger partial charge < -0.3 is 0 Å². The van der Waals surface area contributed by atoms with Crippen LogP contribution < -0.4 is 0 Å². The molecule has 0 fully saturated rings. The number of terminal acetylenes is 1. The van der Waals surface area contributed by atoms with Gasteiger partial charge in [-0.15, -0.1) is 6.42 Å². The van der Waals surface area contributed by atoms with Gasteiger partial charge in [0.2, 0.25) is 0 Å². The minimum Gasteiger partial charge on any atom is -0.263 e. The Bertz CT molecular complexity index is 313. The molecule has 0 saturated carbocycles. The Balaban J connectivity index is 2.98. The van der Waals surface area contributed by atoms with Crippen LogP contribution in [0, 0.1) is 22.5 Å². The van der Waals surface area contributed by atoms with E-state index in [0.717, 1.165) is 0 Å². The third-order valence-corrected chi connectivity index (χ3v) is 1.48. The molecule has 1 aromatic carbocycles. The van der Waals surface area contributed by atoms with Crippen molar-refractivity contribution >= 4 is 0 Å². The zero-order valence-electron chi connectivity index (χ0n) is 6.31. The first kappa shape index (κ1) is 8.28. The van der Waals surface area contributed by atoms with Gasteiger partial charge in [0.15, 0.2) is 0 Å². The van der Waals surface area contributed by atoms with Gasteiger partial charge in [-0.3, -0.25) is 10.1 Å². The maximum Gasteiger partial charge on any atom is 0.297 e. The fraction of sp³-hybridized carbons (Fsp3) is 0.111. The molecule has 0 spiro atoms. The van der Waals surface area contributed by atoms with Crippen LogP contribution in [0.2, 0.25) is 0 Å². The van der Waals surface area contributed by atoms with Crippen molar-refractivity contribution in [2.45, 2.75) is 6.04 Å². The molecule has 0 saturated heterocycles. The van der Waals surface area contributed by atoms with E-state index in [9.17, 15) is 10.1 Å². The molecule has 60 valence electrons. The van der Waals surface area contributed by atoms with Crippen LogP contribution >= 0.6 is 0 Å². The third kappa shape index (κ3) is 1.61. The average Bonchev–Trinajstić information content (AvgIpc) is 2.07. The number of hydrogen-bond donors (Lipinski definition) is 0. The maximum absolute atomic E-state index is 10.4. The topological polar surface area (TPSA) is 43.1 Å². The molecular weight excluding hydrogens is 154 g/mol. The summed E-state index contributed by atoms with van der Waals surface area (Å²) in [4.78, 5) is 9.92. The molecule has 0 bridgehead atoms. The predicted molar refractivity (Wildman–Crippen MR) is 45.0 cm³/mol. The van der Waals surface area contributed by atoms with Crippen molar-refractivity contribution in [2.24, 2.45) is 0 Å². The van der Waals surface area contributed by atoms with Gasteiger partial charge >= 0.3 is 0 Å². The highest BCUT2D eigenvalue weighted by molar-refractivity contribution is 5.23. The van der Waals surface area contributed by atoms with Crippen molar-refractivity contribution in [3.8, 4) is 12.3 Å². The van der Waals surface area contributed by atoms with E-state index in [2.05, 4.69) is 5.92 Å². The number of benzene rings is 1. The smallest absolute Gasteiger partial charge is 0.263 e. The van der Waals surface area contributed by atoms with Crippen LogP contribution in [0.4, 0.5) is 0 Å². The summed E-state index contributed by atoms with van der Waals surface area (Å²) >= 11 is 0. The summed E-state index contributed by atoms with van der Waals surface area (Å²) in [5, 5.41) is 10.4. The van der Waals surface area contributed by atoms with E-state index < -0.39 is 11.0 Å². The highest BCUT2D eigenvalue weighted by atomic mass is 16.6. The zero-order chi connectivity index (χ0) is 8.97. The van der Waals surface area contributed by atoms with Crippen molar-refractivity contribution in [3.05, 3.63) is 46.0 Å². The molecule has 0 aliphatic rings. The Kier molecular flexibility index (Phi) is 2.44. The second-order valence-electron chi connectivity index (χ2n) is 2.27. The molecule has 3 nitrogen and oxygen atoms in total. The van der Waals surface area contributed by atoms with Gasteiger partial charge in [-0.25, -0.2) is 0 Å². The van der Waals surface area contributed by atoms with Crippen molar-refractivity contribution in [3.63, 3.8) is 0 Å². The van der Waals surface area contributed by atoms with Crippen LogP contribution in [0.15, 0.2) is 30.3 Å². The van der Waals surface area contributed by atoms with Gasteiger partial charge in [0, 0.05) is 10.5 Å². The van der Waals surface area contributed by atoms with Crippen molar-refractivity contribution in [2.75, 3.05) is 0 Å². The first-order chi connectivity index (χ1) is 5.75. The Labute approximate surface area is 70.2 Å². The summed E-state index contributed by atoms with van der Waals surface area (Å²) < 4.78 is 0. The molecule has 0 heterocycles. The van der Waals surface area contributed by atoms with Crippen molar-refractivity contribution in [1.29, 1.82) is 0 Å². The SMILES string of the molecule is C#CC(c1ccccc1)[N+](=O)[O-]. The molecule has 0 amide bonds. The molecule has 0 aliphatic heterocycles. The van der Waals surface area contributed by atoms with E-state index in [0.29, 0.717) is 5.56 Å². The highest BCUT2D eigenvalue weighted by Gasteiger charge is 2.17. The molecule has 0 aliphatic carbocycles. The average molecular weight is 161 g/mol.